The molecule has 0 saturated heterocycles. The van der Waals surface area contributed by atoms with Crippen LogP contribution >= 0.6 is 0 Å². The molecule has 0 aliphatic rings. The lowest BCUT2D eigenvalue weighted by atomic mass is 10.1. The van der Waals surface area contributed by atoms with Crippen LogP contribution in [0.15, 0.2) is 24.3 Å². The maximum absolute atomic E-state index is 10.6. The molecule has 1 aromatic carbocycles. The third-order valence-electron chi connectivity index (χ3n) is 1.95. The monoisotopic (exact) mass is 220 g/mol. The quantitative estimate of drug-likeness (QED) is 0.675. The molecule has 0 atom stereocenters. The highest BCUT2D eigenvalue weighted by Crippen LogP contribution is 2.16. The van der Waals surface area contributed by atoms with Crippen molar-refractivity contribution >= 4 is 23.8 Å². The number of nitrogens with one attached hydrogen (secondary N) is 1. The van der Waals surface area contributed by atoms with Crippen molar-refractivity contribution in [1.29, 1.82) is 0 Å². The molecular formula is C11H12N2O3. The summed E-state index contributed by atoms with van der Waals surface area (Å²) in [4.78, 5) is 21.0. The molecular weight excluding hydrogens is 208 g/mol. The molecule has 0 saturated carbocycles. The molecule has 0 aliphatic heterocycles. The highest BCUT2D eigenvalue weighted by Gasteiger charge is 2.00. The van der Waals surface area contributed by atoms with Crippen LogP contribution in [0.3, 0.4) is 0 Å². The number of hydrogen-bond acceptors (Lipinski definition) is 2. The number of carboxylic acid groups (broad SMARTS) is 1. The van der Waals surface area contributed by atoms with Crippen LogP contribution in [0.5, 0.6) is 0 Å². The lowest BCUT2D eigenvalue weighted by Gasteiger charge is -2.05. The molecule has 4 N–H and O–H groups in total. The molecule has 0 radical (unpaired) electrons. The van der Waals surface area contributed by atoms with Crippen LogP contribution in [0.2, 0.25) is 0 Å². The number of nitrogens with two attached hydrogens (primary N) is 1. The van der Waals surface area contributed by atoms with Gasteiger partial charge in [0.05, 0.1) is 0 Å². The third-order valence-corrected chi connectivity index (χ3v) is 1.95. The van der Waals surface area contributed by atoms with Gasteiger partial charge >= 0.3 is 12.0 Å². The van der Waals surface area contributed by atoms with E-state index in [1.165, 1.54) is 6.08 Å². The predicted octanol–water partition coefficient (Wildman–Crippen LogP) is 1.58. The van der Waals surface area contributed by atoms with Gasteiger partial charge in [-0.05, 0) is 36.3 Å². The molecule has 5 nitrogen and oxygen atoms in total. The van der Waals surface area contributed by atoms with Crippen LogP contribution in [-0.4, -0.2) is 17.1 Å². The largest absolute Gasteiger partial charge is 0.478 e. The number of aliphatic carboxylic acids is 1. The molecule has 0 fully saturated rings. The number of hydrogen-bond donors (Lipinski definition) is 3. The summed E-state index contributed by atoms with van der Waals surface area (Å²) in [5.74, 6) is -1.02. The number of carbonyl (C=O) groups is 2. The van der Waals surface area contributed by atoms with E-state index in [2.05, 4.69) is 5.32 Å². The fourth-order valence-corrected chi connectivity index (χ4v) is 1.20. The van der Waals surface area contributed by atoms with Gasteiger partial charge in [0.15, 0.2) is 0 Å². The molecule has 0 unspecified atom stereocenters. The summed E-state index contributed by atoms with van der Waals surface area (Å²) in [5, 5.41) is 10.9. The van der Waals surface area contributed by atoms with E-state index in [1.807, 2.05) is 6.92 Å². The Morgan fingerprint density at radius 1 is 1.44 bits per heavy atom. The molecule has 1 rings (SSSR count). The van der Waals surface area contributed by atoms with Crippen molar-refractivity contribution in [3.8, 4) is 0 Å². The summed E-state index contributed by atoms with van der Waals surface area (Å²) in [6, 6.07) is 4.46. The summed E-state index contributed by atoms with van der Waals surface area (Å²) in [6.45, 7) is 1.84. The summed E-state index contributed by atoms with van der Waals surface area (Å²) in [6.07, 6.45) is 2.50. The average Bonchev–Trinajstić information content (AvgIpc) is 2.18. The van der Waals surface area contributed by atoms with Gasteiger partial charge in [0, 0.05) is 11.8 Å². The molecule has 2 amide bonds. The summed E-state index contributed by atoms with van der Waals surface area (Å²) in [7, 11) is 0. The highest BCUT2D eigenvalue weighted by atomic mass is 16.4. The van der Waals surface area contributed by atoms with Crippen molar-refractivity contribution in [1.82, 2.24) is 0 Å². The van der Waals surface area contributed by atoms with Crippen molar-refractivity contribution in [2.45, 2.75) is 6.92 Å². The van der Waals surface area contributed by atoms with Crippen LogP contribution in [0.25, 0.3) is 6.08 Å². The van der Waals surface area contributed by atoms with Gasteiger partial charge in [-0.3, -0.25) is 0 Å². The van der Waals surface area contributed by atoms with E-state index in [0.29, 0.717) is 11.3 Å². The number of primary amides is 1. The number of aryl methyl sites for hydroxylation is 1. The van der Waals surface area contributed by atoms with Gasteiger partial charge in [0.1, 0.15) is 0 Å². The Hall–Kier alpha value is -2.30. The van der Waals surface area contributed by atoms with Crippen LogP contribution in [0.4, 0.5) is 10.5 Å². The second-order valence-corrected chi connectivity index (χ2v) is 3.23. The molecule has 16 heavy (non-hydrogen) atoms. The first kappa shape index (κ1) is 11.8. The van der Waals surface area contributed by atoms with Gasteiger partial charge in [-0.25, -0.2) is 9.59 Å². The zero-order chi connectivity index (χ0) is 12.1. The van der Waals surface area contributed by atoms with Crippen LogP contribution in [0, 0.1) is 6.92 Å². The number of amides is 2. The minimum absolute atomic E-state index is 0.531. The van der Waals surface area contributed by atoms with E-state index < -0.39 is 12.0 Å². The maximum atomic E-state index is 10.6. The van der Waals surface area contributed by atoms with Crippen LogP contribution in [-0.2, 0) is 4.79 Å². The minimum atomic E-state index is -1.02. The van der Waals surface area contributed by atoms with E-state index in [0.717, 1.165) is 11.6 Å². The molecule has 0 heterocycles. The van der Waals surface area contributed by atoms with E-state index in [1.54, 1.807) is 18.2 Å². The van der Waals surface area contributed by atoms with Gasteiger partial charge < -0.3 is 16.2 Å². The van der Waals surface area contributed by atoms with Crippen molar-refractivity contribution in [3.63, 3.8) is 0 Å². The van der Waals surface area contributed by atoms with E-state index >= 15 is 0 Å². The Balaban J connectivity index is 2.99. The fourth-order valence-electron chi connectivity index (χ4n) is 1.20. The minimum Gasteiger partial charge on any atom is -0.478 e. The molecule has 5 heteroatoms. The maximum Gasteiger partial charge on any atom is 0.328 e. The first-order valence-electron chi connectivity index (χ1n) is 4.57. The molecule has 84 valence electrons. The van der Waals surface area contributed by atoms with Gasteiger partial charge in [-0.15, -0.1) is 0 Å². The van der Waals surface area contributed by atoms with E-state index in [4.69, 9.17) is 10.8 Å². The molecule has 1 aromatic rings. The van der Waals surface area contributed by atoms with Crippen molar-refractivity contribution in [2.24, 2.45) is 5.73 Å². The van der Waals surface area contributed by atoms with Gasteiger partial charge in [0.2, 0.25) is 0 Å². The van der Waals surface area contributed by atoms with E-state index in [9.17, 15) is 9.59 Å². The third kappa shape index (κ3) is 3.45. The van der Waals surface area contributed by atoms with Crippen LogP contribution < -0.4 is 11.1 Å². The lowest BCUT2D eigenvalue weighted by molar-refractivity contribution is -0.131. The second kappa shape index (κ2) is 4.97. The number of urea groups is 1. The highest BCUT2D eigenvalue weighted by molar-refractivity contribution is 5.89. The predicted molar refractivity (Wildman–Crippen MR) is 61.1 cm³/mol. The fraction of sp³-hybridized carbons (Fsp3) is 0.0909. The number of rotatable bonds is 3. The van der Waals surface area contributed by atoms with Crippen molar-refractivity contribution in [3.05, 3.63) is 35.4 Å². The number of benzene rings is 1. The Morgan fingerprint density at radius 3 is 2.69 bits per heavy atom. The standard InChI is InChI=1S/C11H12N2O3/c1-7-2-4-9(13-11(12)16)6-8(7)3-5-10(14)15/h2-6H,1H3,(H,14,15)(H3,12,13,16). The van der Waals surface area contributed by atoms with Gasteiger partial charge in [-0.1, -0.05) is 6.07 Å². The van der Waals surface area contributed by atoms with Crippen molar-refractivity contribution < 1.29 is 14.7 Å². The average molecular weight is 220 g/mol. The molecule has 0 aliphatic carbocycles. The molecule has 0 bridgehead atoms. The van der Waals surface area contributed by atoms with Crippen LogP contribution in [0.1, 0.15) is 11.1 Å². The SMILES string of the molecule is Cc1ccc(NC(N)=O)cc1C=CC(=O)O. The summed E-state index contributed by atoms with van der Waals surface area (Å²) in [5.41, 5.74) is 7.13. The Morgan fingerprint density at radius 2 is 2.12 bits per heavy atom. The topological polar surface area (TPSA) is 92.4 Å². The van der Waals surface area contributed by atoms with E-state index in [-0.39, 0.29) is 0 Å². The summed E-state index contributed by atoms with van der Waals surface area (Å²) < 4.78 is 0. The normalized spacial score (nSPS) is 10.3. The first-order valence-corrected chi connectivity index (χ1v) is 4.57. The zero-order valence-electron chi connectivity index (χ0n) is 8.73. The van der Waals surface area contributed by atoms with Gasteiger partial charge in [-0.2, -0.15) is 0 Å². The zero-order valence-corrected chi connectivity index (χ0v) is 8.73. The molecule has 0 aromatic heterocycles. The smallest absolute Gasteiger partial charge is 0.328 e. The Bertz CT molecular complexity index is 453. The van der Waals surface area contributed by atoms with Crippen molar-refractivity contribution in [2.75, 3.05) is 5.32 Å². The summed E-state index contributed by atoms with van der Waals surface area (Å²) >= 11 is 0. The second-order valence-electron chi connectivity index (χ2n) is 3.23. The Kier molecular flexibility index (Phi) is 3.66. The van der Waals surface area contributed by atoms with Gasteiger partial charge in [0.25, 0.3) is 0 Å². The Labute approximate surface area is 92.6 Å². The first-order chi connectivity index (χ1) is 7.49. The number of carbonyl (C=O) groups excluding carboxylic acids is 1. The number of anilines is 1. The number of carboxylic acids is 1. The lowest BCUT2D eigenvalue weighted by Crippen LogP contribution is -2.19. The molecule has 0 spiro atoms.